The summed E-state index contributed by atoms with van der Waals surface area (Å²) in [7, 11) is -3.11. The first-order chi connectivity index (χ1) is 14.6. The van der Waals surface area contributed by atoms with Crippen LogP contribution in [-0.2, 0) is 14.6 Å². The van der Waals surface area contributed by atoms with Crippen LogP contribution in [0.25, 0.3) is 0 Å². The average molecular weight is 458 g/mol. The third kappa shape index (κ3) is 4.50. The summed E-state index contributed by atoms with van der Waals surface area (Å²) in [6.45, 7) is 8.03. The lowest BCUT2D eigenvalue weighted by Crippen LogP contribution is -2.39. The van der Waals surface area contributed by atoms with Gasteiger partial charge in [-0.1, -0.05) is 36.0 Å². The molecule has 0 aliphatic carbocycles. The van der Waals surface area contributed by atoms with E-state index in [-0.39, 0.29) is 35.2 Å². The normalized spacial score (nSPS) is 21.7. The standard InChI is InChI=1S/C23H27N3O3S2/c1-14-8-9-18(10-17(14)4)26-20-13-31(28,29)12-19(20)24-23(26)30-11-21(27)25-22-15(2)6-5-7-16(22)3/h5-10,19-20H,11-13H2,1-4H3,(H,25,27)/t19-,20-/m1/s1. The van der Waals surface area contributed by atoms with Crippen LogP contribution in [0.3, 0.4) is 0 Å². The maximum absolute atomic E-state index is 12.7. The predicted octanol–water partition coefficient (Wildman–Crippen LogP) is 3.63. The van der Waals surface area contributed by atoms with Crippen molar-refractivity contribution in [2.24, 2.45) is 4.99 Å². The molecule has 0 saturated carbocycles. The minimum absolute atomic E-state index is 0.0671. The van der Waals surface area contributed by atoms with Gasteiger partial charge in [-0.2, -0.15) is 0 Å². The van der Waals surface area contributed by atoms with Crippen LogP contribution in [0.15, 0.2) is 41.4 Å². The Kier molecular flexibility index (Phi) is 5.87. The van der Waals surface area contributed by atoms with Crippen LogP contribution in [0.1, 0.15) is 22.3 Å². The first-order valence-corrected chi connectivity index (χ1v) is 13.1. The van der Waals surface area contributed by atoms with Gasteiger partial charge in [-0.25, -0.2) is 8.42 Å². The van der Waals surface area contributed by atoms with Crippen molar-refractivity contribution in [3.05, 3.63) is 58.7 Å². The number of amides is 1. The molecular weight excluding hydrogens is 430 g/mol. The number of nitrogens with one attached hydrogen (secondary N) is 1. The number of carbonyl (C=O) groups excluding carboxylic acids is 1. The number of para-hydroxylation sites is 1. The highest BCUT2D eigenvalue weighted by molar-refractivity contribution is 8.14. The summed E-state index contributed by atoms with van der Waals surface area (Å²) < 4.78 is 24.4. The third-order valence-electron chi connectivity index (χ3n) is 5.95. The number of amidine groups is 1. The highest BCUT2D eigenvalue weighted by Gasteiger charge is 2.47. The summed E-state index contributed by atoms with van der Waals surface area (Å²) >= 11 is 1.36. The van der Waals surface area contributed by atoms with Crippen molar-refractivity contribution in [2.75, 3.05) is 27.5 Å². The van der Waals surface area contributed by atoms with E-state index in [4.69, 9.17) is 4.99 Å². The molecule has 31 heavy (non-hydrogen) atoms. The molecule has 0 unspecified atom stereocenters. The largest absolute Gasteiger partial charge is 0.325 e. The van der Waals surface area contributed by atoms with E-state index in [1.807, 2.05) is 62.9 Å². The van der Waals surface area contributed by atoms with Gasteiger partial charge in [0.1, 0.15) is 0 Å². The first-order valence-electron chi connectivity index (χ1n) is 10.3. The second kappa shape index (κ2) is 8.31. The Labute approximate surface area is 188 Å². The number of nitrogens with zero attached hydrogens (tertiary/aromatic N) is 2. The molecule has 0 spiro atoms. The number of aliphatic imine (C=N–C) groups is 1. The summed E-state index contributed by atoms with van der Waals surface area (Å²) in [5, 5.41) is 3.72. The quantitative estimate of drug-likeness (QED) is 0.758. The van der Waals surface area contributed by atoms with Crippen LogP contribution >= 0.6 is 11.8 Å². The smallest absolute Gasteiger partial charge is 0.234 e. The molecule has 1 saturated heterocycles. The van der Waals surface area contributed by atoms with Gasteiger partial charge < -0.3 is 10.2 Å². The zero-order valence-electron chi connectivity index (χ0n) is 18.2. The fourth-order valence-electron chi connectivity index (χ4n) is 4.13. The van der Waals surface area contributed by atoms with Crippen LogP contribution in [0.2, 0.25) is 0 Å². The summed E-state index contributed by atoms with van der Waals surface area (Å²) in [5.41, 5.74) is 6.13. The summed E-state index contributed by atoms with van der Waals surface area (Å²) in [6.07, 6.45) is 0. The number of hydrogen-bond acceptors (Lipinski definition) is 6. The zero-order chi connectivity index (χ0) is 22.3. The number of hydrogen-bond donors (Lipinski definition) is 1. The Morgan fingerprint density at radius 3 is 2.45 bits per heavy atom. The minimum atomic E-state index is -3.11. The second-order valence-electron chi connectivity index (χ2n) is 8.37. The van der Waals surface area contributed by atoms with E-state index in [2.05, 4.69) is 11.4 Å². The lowest BCUT2D eigenvalue weighted by Gasteiger charge is -2.27. The fourth-order valence-corrected chi connectivity index (χ4v) is 6.89. The molecule has 1 fully saturated rings. The SMILES string of the molecule is Cc1ccc(N2C(SCC(=O)Nc3c(C)cccc3C)=N[C@@H]3CS(=O)(=O)C[C@H]32)cc1C. The number of thioether (sulfide) groups is 1. The van der Waals surface area contributed by atoms with Crippen molar-refractivity contribution in [1.82, 2.24) is 0 Å². The van der Waals surface area contributed by atoms with Gasteiger partial charge in [0.2, 0.25) is 5.91 Å². The molecule has 2 atom stereocenters. The topological polar surface area (TPSA) is 78.8 Å². The van der Waals surface area contributed by atoms with Crippen LogP contribution in [0, 0.1) is 27.7 Å². The number of fused-ring (bicyclic) bond motifs is 1. The molecule has 2 aromatic rings. The number of aryl methyl sites for hydroxylation is 4. The Bertz CT molecular complexity index is 1150. The van der Waals surface area contributed by atoms with Gasteiger partial charge in [-0.15, -0.1) is 0 Å². The predicted molar refractivity (Wildman–Crippen MR) is 129 cm³/mol. The summed E-state index contributed by atoms with van der Waals surface area (Å²) in [5.74, 6) is 0.264. The molecule has 1 N–H and O–H groups in total. The van der Waals surface area contributed by atoms with Crippen LogP contribution < -0.4 is 10.2 Å². The van der Waals surface area contributed by atoms with Crippen molar-refractivity contribution < 1.29 is 13.2 Å². The number of anilines is 2. The molecular formula is C23H27N3O3S2. The molecule has 6 nitrogen and oxygen atoms in total. The highest BCUT2D eigenvalue weighted by atomic mass is 32.2. The molecule has 0 aromatic heterocycles. The lowest BCUT2D eigenvalue weighted by atomic mass is 10.1. The van der Waals surface area contributed by atoms with Gasteiger partial charge >= 0.3 is 0 Å². The Hall–Kier alpha value is -2.32. The van der Waals surface area contributed by atoms with Crippen molar-refractivity contribution in [3.63, 3.8) is 0 Å². The fraction of sp³-hybridized carbons (Fsp3) is 0.391. The van der Waals surface area contributed by atoms with Gasteiger partial charge in [0.05, 0.1) is 29.3 Å². The van der Waals surface area contributed by atoms with Gasteiger partial charge in [-0.05, 0) is 62.1 Å². The molecule has 8 heteroatoms. The van der Waals surface area contributed by atoms with Crippen LogP contribution in [0.4, 0.5) is 11.4 Å². The molecule has 0 bridgehead atoms. The minimum Gasteiger partial charge on any atom is -0.325 e. The molecule has 164 valence electrons. The summed E-state index contributed by atoms with van der Waals surface area (Å²) in [4.78, 5) is 19.4. The van der Waals surface area contributed by atoms with Crippen LogP contribution in [0.5, 0.6) is 0 Å². The Morgan fingerprint density at radius 2 is 1.77 bits per heavy atom. The molecule has 0 radical (unpaired) electrons. The van der Waals surface area contributed by atoms with Gasteiger partial charge in [0.25, 0.3) is 0 Å². The Balaban J connectivity index is 1.54. The number of benzene rings is 2. The maximum atomic E-state index is 12.7. The highest BCUT2D eigenvalue weighted by Crippen LogP contribution is 2.36. The molecule has 1 amide bonds. The van der Waals surface area contributed by atoms with E-state index in [0.29, 0.717) is 5.17 Å². The second-order valence-corrected chi connectivity index (χ2v) is 11.5. The maximum Gasteiger partial charge on any atom is 0.234 e. The van der Waals surface area contributed by atoms with E-state index in [9.17, 15) is 13.2 Å². The lowest BCUT2D eigenvalue weighted by molar-refractivity contribution is -0.113. The van der Waals surface area contributed by atoms with Gasteiger partial charge in [0.15, 0.2) is 15.0 Å². The molecule has 2 aliphatic heterocycles. The van der Waals surface area contributed by atoms with E-state index >= 15 is 0 Å². The molecule has 4 rings (SSSR count). The Morgan fingerprint density at radius 1 is 1.06 bits per heavy atom. The van der Waals surface area contributed by atoms with E-state index < -0.39 is 9.84 Å². The van der Waals surface area contributed by atoms with Crippen molar-refractivity contribution in [1.29, 1.82) is 0 Å². The van der Waals surface area contributed by atoms with Crippen LogP contribution in [-0.4, -0.2) is 48.8 Å². The van der Waals surface area contributed by atoms with E-state index in [1.165, 1.54) is 17.3 Å². The van der Waals surface area contributed by atoms with Crippen molar-refractivity contribution in [2.45, 2.75) is 39.8 Å². The monoisotopic (exact) mass is 457 g/mol. The van der Waals surface area contributed by atoms with E-state index in [1.54, 1.807) is 0 Å². The van der Waals surface area contributed by atoms with Gasteiger partial charge in [-0.3, -0.25) is 9.79 Å². The van der Waals surface area contributed by atoms with E-state index in [0.717, 1.165) is 28.1 Å². The number of rotatable bonds is 4. The molecule has 2 heterocycles. The van der Waals surface area contributed by atoms with Crippen molar-refractivity contribution in [3.8, 4) is 0 Å². The third-order valence-corrected chi connectivity index (χ3v) is 8.62. The molecule has 2 aromatic carbocycles. The van der Waals surface area contributed by atoms with Gasteiger partial charge in [0, 0.05) is 11.4 Å². The number of carbonyl (C=O) groups is 1. The summed E-state index contributed by atoms with van der Waals surface area (Å²) in [6, 6.07) is 11.5. The van der Waals surface area contributed by atoms with Crippen molar-refractivity contribution >= 4 is 44.0 Å². The molecule has 2 aliphatic rings. The average Bonchev–Trinajstić information content (AvgIpc) is 3.16. The first kappa shape index (κ1) is 21.9. The number of sulfone groups is 1. The zero-order valence-corrected chi connectivity index (χ0v) is 19.8.